The topological polar surface area (TPSA) is 67.3 Å². The van der Waals surface area contributed by atoms with E-state index in [4.69, 9.17) is 4.84 Å². The number of aromatic amines is 1. The summed E-state index contributed by atoms with van der Waals surface area (Å²) < 4.78 is 0. The molecular weight excluding hydrogens is 206 g/mol. The molecule has 0 saturated carbocycles. The third-order valence-corrected chi connectivity index (χ3v) is 2.55. The number of nitrogens with one attached hydrogen (secondary N) is 1. The maximum absolute atomic E-state index is 11.8. The molecule has 1 atom stereocenters. The molecule has 80 valence electrons. The van der Waals surface area contributed by atoms with Crippen LogP contribution in [0.2, 0.25) is 0 Å². The van der Waals surface area contributed by atoms with Crippen LogP contribution in [-0.4, -0.2) is 22.8 Å². The molecule has 0 aliphatic carbocycles. The van der Waals surface area contributed by atoms with Crippen LogP contribution >= 0.6 is 0 Å². The highest BCUT2D eigenvalue weighted by molar-refractivity contribution is 5.78. The van der Waals surface area contributed by atoms with E-state index >= 15 is 0 Å². The van der Waals surface area contributed by atoms with Gasteiger partial charge in [-0.2, -0.15) is 0 Å². The van der Waals surface area contributed by atoms with E-state index in [9.17, 15) is 4.79 Å². The quantitative estimate of drug-likeness (QED) is 0.772. The average Bonchev–Trinajstić information content (AvgIpc) is 2.82. The Hall–Kier alpha value is -2.17. The van der Waals surface area contributed by atoms with E-state index in [1.807, 2.05) is 18.2 Å². The minimum Gasteiger partial charge on any atom is -0.395 e. The molecular formula is C11H9N3O2. The fourth-order valence-corrected chi connectivity index (χ4v) is 1.71. The molecule has 16 heavy (non-hydrogen) atoms. The van der Waals surface area contributed by atoms with Crippen molar-refractivity contribution >= 4 is 17.1 Å². The predicted octanol–water partition coefficient (Wildman–Crippen LogP) is 1.02. The number of H-pyrrole nitrogens is 1. The molecule has 5 heteroatoms. The highest BCUT2D eigenvalue weighted by Crippen LogP contribution is 2.15. The van der Waals surface area contributed by atoms with Gasteiger partial charge in [0.2, 0.25) is 0 Å². The zero-order valence-corrected chi connectivity index (χ0v) is 8.38. The van der Waals surface area contributed by atoms with Crippen molar-refractivity contribution in [1.29, 1.82) is 0 Å². The third kappa shape index (κ3) is 1.37. The second-order valence-corrected chi connectivity index (χ2v) is 3.63. The standard InChI is InChI=1S/C11H9N3O2/c15-11-8-3-1-2-4-9(8)13-10(14-11)7-5-12-16-6-7/h1-5,7H,6H2,(H,13,14,15). The largest absolute Gasteiger partial charge is 0.395 e. The van der Waals surface area contributed by atoms with Crippen LogP contribution in [0.25, 0.3) is 10.9 Å². The van der Waals surface area contributed by atoms with Crippen LogP contribution in [0, 0.1) is 0 Å². The molecule has 0 spiro atoms. The SMILES string of the molecule is O=c1[nH]c(C2C=NOC2)nc2ccccc12. The number of benzene rings is 1. The summed E-state index contributed by atoms with van der Waals surface area (Å²) in [4.78, 5) is 23.8. The molecule has 3 rings (SSSR count). The number of oxime groups is 1. The average molecular weight is 215 g/mol. The van der Waals surface area contributed by atoms with Crippen molar-refractivity contribution in [2.24, 2.45) is 5.16 Å². The van der Waals surface area contributed by atoms with Crippen LogP contribution in [0.3, 0.4) is 0 Å². The zero-order valence-electron chi connectivity index (χ0n) is 8.38. The lowest BCUT2D eigenvalue weighted by Crippen LogP contribution is -2.16. The van der Waals surface area contributed by atoms with Gasteiger partial charge in [-0.3, -0.25) is 4.79 Å². The fraction of sp³-hybridized carbons (Fsp3) is 0.182. The van der Waals surface area contributed by atoms with E-state index in [0.29, 0.717) is 23.3 Å². The van der Waals surface area contributed by atoms with Gasteiger partial charge in [-0.25, -0.2) is 4.98 Å². The molecule has 0 radical (unpaired) electrons. The lowest BCUT2D eigenvalue weighted by molar-refractivity contribution is 0.165. The minimum absolute atomic E-state index is 0.0580. The monoisotopic (exact) mass is 215 g/mol. The van der Waals surface area contributed by atoms with E-state index in [1.165, 1.54) is 0 Å². The molecule has 1 aromatic carbocycles. The first kappa shape index (κ1) is 9.08. The van der Waals surface area contributed by atoms with Gasteiger partial charge >= 0.3 is 0 Å². The van der Waals surface area contributed by atoms with E-state index in [2.05, 4.69) is 15.1 Å². The molecule has 5 nitrogen and oxygen atoms in total. The van der Waals surface area contributed by atoms with E-state index in [1.54, 1.807) is 12.3 Å². The maximum atomic E-state index is 11.8. The minimum atomic E-state index is -0.124. The Bertz CT molecular complexity index is 618. The highest BCUT2D eigenvalue weighted by atomic mass is 16.6. The molecule has 1 N–H and O–H groups in total. The summed E-state index contributed by atoms with van der Waals surface area (Å²) in [5.41, 5.74) is 0.572. The molecule has 2 heterocycles. The number of para-hydroxylation sites is 1. The second kappa shape index (κ2) is 3.44. The highest BCUT2D eigenvalue weighted by Gasteiger charge is 2.18. The van der Waals surface area contributed by atoms with Gasteiger partial charge in [0.25, 0.3) is 5.56 Å². The van der Waals surface area contributed by atoms with Crippen molar-refractivity contribution in [3.8, 4) is 0 Å². The smallest absolute Gasteiger partial charge is 0.258 e. The van der Waals surface area contributed by atoms with Crippen LogP contribution in [-0.2, 0) is 4.84 Å². The molecule has 1 aliphatic heterocycles. The summed E-state index contributed by atoms with van der Waals surface area (Å²) in [5, 5.41) is 4.26. The van der Waals surface area contributed by atoms with Crippen molar-refractivity contribution in [2.45, 2.75) is 5.92 Å². The van der Waals surface area contributed by atoms with Crippen LogP contribution in [0.15, 0.2) is 34.2 Å². The lowest BCUT2D eigenvalue weighted by atomic mass is 10.1. The Morgan fingerprint density at radius 2 is 2.25 bits per heavy atom. The van der Waals surface area contributed by atoms with Crippen molar-refractivity contribution in [2.75, 3.05) is 6.61 Å². The van der Waals surface area contributed by atoms with Gasteiger partial charge in [-0.15, -0.1) is 0 Å². The van der Waals surface area contributed by atoms with Gasteiger partial charge in [0, 0.05) is 0 Å². The Balaban J connectivity index is 2.21. The van der Waals surface area contributed by atoms with Crippen LogP contribution < -0.4 is 5.56 Å². The number of nitrogens with zero attached hydrogens (tertiary/aromatic N) is 2. The van der Waals surface area contributed by atoms with Gasteiger partial charge in [0.15, 0.2) is 0 Å². The van der Waals surface area contributed by atoms with Crippen LogP contribution in [0.4, 0.5) is 0 Å². The molecule has 1 unspecified atom stereocenters. The second-order valence-electron chi connectivity index (χ2n) is 3.63. The van der Waals surface area contributed by atoms with Crippen LogP contribution in [0.5, 0.6) is 0 Å². The van der Waals surface area contributed by atoms with Crippen LogP contribution in [0.1, 0.15) is 11.7 Å². The Morgan fingerprint density at radius 1 is 1.38 bits per heavy atom. The molecule has 0 saturated heterocycles. The normalized spacial score (nSPS) is 18.9. The Labute approximate surface area is 90.8 Å². The van der Waals surface area contributed by atoms with Crippen molar-refractivity contribution in [3.05, 3.63) is 40.4 Å². The molecule has 2 aromatic rings. The zero-order chi connectivity index (χ0) is 11.0. The predicted molar refractivity (Wildman–Crippen MR) is 59.5 cm³/mol. The van der Waals surface area contributed by atoms with Gasteiger partial charge < -0.3 is 9.82 Å². The van der Waals surface area contributed by atoms with Crippen molar-refractivity contribution in [1.82, 2.24) is 9.97 Å². The number of hydrogen-bond donors (Lipinski definition) is 1. The van der Waals surface area contributed by atoms with Crippen molar-refractivity contribution < 1.29 is 4.84 Å². The maximum Gasteiger partial charge on any atom is 0.258 e. The third-order valence-electron chi connectivity index (χ3n) is 2.55. The van der Waals surface area contributed by atoms with Crippen molar-refractivity contribution in [3.63, 3.8) is 0 Å². The number of hydrogen-bond acceptors (Lipinski definition) is 4. The van der Waals surface area contributed by atoms with Gasteiger partial charge in [-0.05, 0) is 12.1 Å². The number of rotatable bonds is 1. The fourth-order valence-electron chi connectivity index (χ4n) is 1.71. The van der Waals surface area contributed by atoms with Gasteiger partial charge in [-0.1, -0.05) is 17.3 Å². The van der Waals surface area contributed by atoms with E-state index in [0.717, 1.165) is 0 Å². The van der Waals surface area contributed by atoms with Gasteiger partial charge in [0.05, 0.1) is 23.0 Å². The summed E-state index contributed by atoms with van der Waals surface area (Å²) in [5.74, 6) is 0.544. The molecule has 0 fully saturated rings. The van der Waals surface area contributed by atoms with E-state index < -0.39 is 0 Å². The first-order valence-corrected chi connectivity index (χ1v) is 4.99. The molecule has 0 bridgehead atoms. The summed E-state index contributed by atoms with van der Waals surface area (Å²) in [7, 11) is 0. The molecule has 0 amide bonds. The first-order chi connectivity index (χ1) is 7.84. The summed E-state index contributed by atoms with van der Waals surface area (Å²) in [6.07, 6.45) is 1.65. The number of aromatic nitrogens is 2. The van der Waals surface area contributed by atoms with E-state index in [-0.39, 0.29) is 11.5 Å². The number of fused-ring (bicyclic) bond motifs is 1. The lowest BCUT2D eigenvalue weighted by Gasteiger charge is -2.05. The first-order valence-electron chi connectivity index (χ1n) is 4.99. The summed E-state index contributed by atoms with van der Waals surface area (Å²) in [6, 6.07) is 7.25. The van der Waals surface area contributed by atoms with Gasteiger partial charge in [0.1, 0.15) is 12.4 Å². The summed E-state index contributed by atoms with van der Waals surface area (Å²) in [6.45, 7) is 0.432. The summed E-state index contributed by atoms with van der Waals surface area (Å²) >= 11 is 0. The molecule has 1 aromatic heterocycles. The Kier molecular flexibility index (Phi) is 1.96. The molecule has 1 aliphatic rings. The Morgan fingerprint density at radius 3 is 3.06 bits per heavy atom.